The topological polar surface area (TPSA) is 0 Å². The van der Waals surface area contributed by atoms with Crippen LogP contribution in [0.2, 0.25) is 0 Å². The zero-order valence-electron chi connectivity index (χ0n) is 30.2. The molecule has 0 amide bonds. The molecular weight excluding hydrogens is 444 g/mol. The van der Waals surface area contributed by atoms with E-state index in [4.69, 9.17) is 0 Å². The van der Waals surface area contributed by atoms with Crippen LogP contribution in [0.5, 0.6) is 0 Å². The van der Waals surface area contributed by atoms with Gasteiger partial charge >= 0.3 is 0 Å². The molecule has 0 aliphatic rings. The summed E-state index contributed by atoms with van der Waals surface area (Å²) >= 11 is 0. The van der Waals surface area contributed by atoms with Crippen molar-refractivity contribution in [3.63, 3.8) is 0 Å². The zero-order chi connectivity index (χ0) is 31.2. The summed E-state index contributed by atoms with van der Waals surface area (Å²) in [6.07, 6.45) is 25.7. The van der Waals surface area contributed by atoms with Gasteiger partial charge in [0.05, 0.1) is 0 Å². The van der Waals surface area contributed by atoms with Crippen LogP contribution >= 0.6 is 0 Å². The number of rotatable bonds is 9. The van der Waals surface area contributed by atoms with Crippen LogP contribution in [-0.2, 0) is 0 Å². The molecule has 0 spiro atoms. The summed E-state index contributed by atoms with van der Waals surface area (Å²) in [6, 6.07) is 0. The third-order valence-electron chi connectivity index (χ3n) is 4.40. The van der Waals surface area contributed by atoms with E-state index in [-0.39, 0.29) is 0 Å². The Kier molecular flexibility index (Phi) is 127. The van der Waals surface area contributed by atoms with E-state index in [2.05, 4.69) is 142 Å². The highest BCUT2D eigenvalue weighted by Crippen LogP contribution is 2.07. The van der Waals surface area contributed by atoms with Gasteiger partial charge in [-0.1, -0.05) is 198 Å². The number of hydrogen-bond donors (Lipinski definition) is 0. The summed E-state index contributed by atoms with van der Waals surface area (Å²) in [7, 11) is 0. The average molecular weight is 529 g/mol. The first kappa shape index (κ1) is 56.4. The maximum atomic E-state index is 3.48. The van der Waals surface area contributed by atoms with Crippen molar-refractivity contribution >= 4 is 0 Å². The summed E-state index contributed by atoms with van der Waals surface area (Å²) in [6.45, 7) is 40.2. The lowest BCUT2D eigenvalue weighted by Gasteiger charge is -2.02. The van der Waals surface area contributed by atoms with Gasteiger partial charge in [0.2, 0.25) is 0 Å². The van der Waals surface area contributed by atoms with Gasteiger partial charge in [-0.3, -0.25) is 0 Å². The predicted octanol–water partition coefficient (Wildman–Crippen LogP) is 15.4. The molecule has 0 fully saturated rings. The molecule has 0 aliphatic heterocycles. The Labute approximate surface area is 243 Å². The van der Waals surface area contributed by atoms with Gasteiger partial charge in [-0.05, 0) is 38.5 Å². The van der Waals surface area contributed by atoms with Crippen molar-refractivity contribution in [3.8, 4) is 0 Å². The highest BCUT2D eigenvalue weighted by atomic mass is 14.0. The van der Waals surface area contributed by atoms with Crippen molar-refractivity contribution < 1.29 is 0 Å². The molecular formula is C37H84. The molecule has 37 heavy (non-hydrogen) atoms. The lowest BCUT2D eigenvalue weighted by molar-refractivity contribution is 0.509. The molecule has 2 atom stereocenters. The second kappa shape index (κ2) is 83.5. The summed E-state index contributed by atoms with van der Waals surface area (Å²) in [5.74, 6) is 1.72. The molecule has 0 nitrogen and oxygen atoms in total. The molecule has 0 N–H and O–H groups in total. The van der Waals surface area contributed by atoms with Crippen molar-refractivity contribution in [2.45, 2.75) is 195 Å². The Morgan fingerprint density at radius 3 is 0.946 bits per heavy atom. The first-order valence-corrected chi connectivity index (χ1v) is 16.5. The maximum absolute atomic E-state index is 3.48. The third kappa shape index (κ3) is 192. The highest BCUT2D eigenvalue weighted by Gasteiger charge is 1.92. The molecule has 0 rings (SSSR count). The summed E-state index contributed by atoms with van der Waals surface area (Å²) in [5.41, 5.74) is 0. The lowest BCUT2D eigenvalue weighted by Crippen LogP contribution is -1.88. The Balaban J connectivity index is -0.0000000442. The van der Waals surface area contributed by atoms with E-state index in [9.17, 15) is 0 Å². The van der Waals surface area contributed by atoms with E-state index in [1.807, 2.05) is 13.0 Å². The molecule has 0 saturated carbocycles. The Morgan fingerprint density at radius 1 is 0.541 bits per heavy atom. The van der Waals surface area contributed by atoms with Crippen LogP contribution in [0, 0.1) is 11.8 Å². The summed E-state index contributed by atoms with van der Waals surface area (Å²) in [4.78, 5) is 0. The van der Waals surface area contributed by atoms with Crippen LogP contribution < -0.4 is 0 Å². The minimum atomic E-state index is 0.769. The number of hydrogen-bond acceptors (Lipinski definition) is 0. The second-order valence-electron chi connectivity index (χ2n) is 9.30. The Hall–Kier alpha value is -0.780. The predicted molar refractivity (Wildman–Crippen MR) is 187 cm³/mol. The first-order valence-electron chi connectivity index (χ1n) is 16.5. The molecule has 0 saturated heterocycles. The summed E-state index contributed by atoms with van der Waals surface area (Å²) in [5, 5.41) is 0. The molecule has 232 valence electrons. The largest absolute Gasteiger partial charge is 0.103 e. The van der Waals surface area contributed by atoms with Crippen molar-refractivity contribution in [2.75, 3.05) is 0 Å². The van der Waals surface area contributed by atoms with Crippen molar-refractivity contribution in [3.05, 3.63) is 37.0 Å². The van der Waals surface area contributed by atoms with Gasteiger partial charge in [0, 0.05) is 0 Å². The van der Waals surface area contributed by atoms with E-state index >= 15 is 0 Å². The van der Waals surface area contributed by atoms with Gasteiger partial charge in [-0.25, -0.2) is 0 Å². The minimum absolute atomic E-state index is 0.769. The lowest BCUT2D eigenvalue weighted by atomic mass is 10.0. The fraction of sp³-hybridized carbons (Fsp3) is 0.838. The molecule has 0 bridgehead atoms. The van der Waals surface area contributed by atoms with Crippen molar-refractivity contribution in [2.24, 2.45) is 11.8 Å². The molecule has 0 aliphatic carbocycles. The van der Waals surface area contributed by atoms with Crippen molar-refractivity contribution in [1.82, 2.24) is 0 Å². The Bertz CT molecular complexity index is 287. The maximum Gasteiger partial charge on any atom is -0.0265 e. The smallest absolute Gasteiger partial charge is 0.0265 e. The van der Waals surface area contributed by atoms with E-state index in [0.717, 1.165) is 24.7 Å². The van der Waals surface area contributed by atoms with E-state index in [0.29, 0.717) is 0 Å². The summed E-state index contributed by atoms with van der Waals surface area (Å²) < 4.78 is 0. The Morgan fingerprint density at radius 2 is 0.892 bits per heavy atom. The van der Waals surface area contributed by atoms with E-state index in [1.165, 1.54) is 64.2 Å². The average Bonchev–Trinajstić information content (AvgIpc) is 2.91. The molecule has 0 heterocycles. The number of allylic oxidation sites excluding steroid dienone is 5. The second-order valence-corrected chi connectivity index (χ2v) is 9.30. The van der Waals surface area contributed by atoms with Crippen LogP contribution in [0.4, 0.5) is 0 Å². The van der Waals surface area contributed by atoms with Crippen LogP contribution in [0.3, 0.4) is 0 Å². The zero-order valence-corrected chi connectivity index (χ0v) is 30.2. The molecule has 0 aromatic rings. The van der Waals surface area contributed by atoms with Gasteiger partial charge in [0.1, 0.15) is 0 Å². The normalized spacial score (nSPS) is 10.2. The third-order valence-corrected chi connectivity index (χ3v) is 4.40. The fourth-order valence-corrected chi connectivity index (χ4v) is 1.40. The number of unbranched alkanes of at least 4 members (excludes halogenated alkanes) is 2. The van der Waals surface area contributed by atoms with Crippen LogP contribution in [0.25, 0.3) is 0 Å². The standard InChI is InChI=1S/C7H16.C7H14.C5H10.2C4H10.C4H8.2C3H8/c2*1-4-6-7(3)5-2;1-3-5-4-2;3*1-3-4-2;2*1-3-2/h7H,4-6H2,1-3H3;4,6-7H,5H2,1-3H3;3,5H,4H2,1-2H3;2*3-4H2,1-2H3;3H,1,4H2,2H3;2*3H2,1-2H3/b;6-4-;;;;;;. The molecule has 0 aromatic carbocycles. The van der Waals surface area contributed by atoms with Crippen LogP contribution in [0.1, 0.15) is 195 Å². The minimum Gasteiger partial charge on any atom is -0.103 e. The van der Waals surface area contributed by atoms with E-state index < -0.39 is 0 Å². The molecule has 0 heteroatoms. The monoisotopic (exact) mass is 529 g/mol. The SMILES string of the molecule is C/C=C\C(C)CC.C=CCC.CC=CCC.CCC.CCC.CCCC.CCCC.CCCC(C)CC. The quantitative estimate of drug-likeness (QED) is 0.261. The molecule has 0 radical (unpaired) electrons. The fourth-order valence-electron chi connectivity index (χ4n) is 1.40. The molecule has 0 aromatic heterocycles. The van der Waals surface area contributed by atoms with Gasteiger partial charge < -0.3 is 0 Å². The van der Waals surface area contributed by atoms with Gasteiger partial charge in [-0.2, -0.15) is 0 Å². The van der Waals surface area contributed by atoms with Gasteiger partial charge in [0.25, 0.3) is 0 Å². The first-order chi connectivity index (χ1) is 17.6. The van der Waals surface area contributed by atoms with Crippen molar-refractivity contribution in [1.29, 1.82) is 0 Å². The highest BCUT2D eigenvalue weighted by molar-refractivity contribution is 4.81. The van der Waals surface area contributed by atoms with Gasteiger partial charge in [0.15, 0.2) is 0 Å². The van der Waals surface area contributed by atoms with E-state index in [1.54, 1.807) is 0 Å². The molecule has 2 unspecified atom stereocenters. The van der Waals surface area contributed by atoms with Gasteiger partial charge in [-0.15, -0.1) is 6.58 Å². The van der Waals surface area contributed by atoms with Crippen LogP contribution in [-0.4, -0.2) is 0 Å². The van der Waals surface area contributed by atoms with Crippen LogP contribution in [0.15, 0.2) is 37.0 Å².